The number of ether oxygens (including phenoxy) is 1. The predicted molar refractivity (Wildman–Crippen MR) is 107 cm³/mol. The van der Waals surface area contributed by atoms with Gasteiger partial charge in [-0.3, -0.25) is 19.3 Å². The van der Waals surface area contributed by atoms with E-state index in [2.05, 4.69) is 20.7 Å². The van der Waals surface area contributed by atoms with Gasteiger partial charge < -0.3 is 9.15 Å². The van der Waals surface area contributed by atoms with Crippen LogP contribution in [0, 0.1) is 0 Å². The van der Waals surface area contributed by atoms with Gasteiger partial charge in [0.25, 0.3) is 11.1 Å². The Bertz CT molecular complexity index is 941. The molecule has 1 aromatic carbocycles. The van der Waals surface area contributed by atoms with E-state index in [9.17, 15) is 14.4 Å². The number of rotatable bonds is 5. The zero-order valence-corrected chi connectivity index (χ0v) is 17.7. The first-order valence-electron chi connectivity index (χ1n) is 7.42. The largest absolute Gasteiger partial charge is 0.468 e. The van der Waals surface area contributed by atoms with E-state index in [4.69, 9.17) is 16.0 Å². The highest BCUT2D eigenvalue weighted by atomic mass is 79.9. The maximum atomic E-state index is 12.3. The van der Waals surface area contributed by atoms with Gasteiger partial charge in [0.05, 0.1) is 16.5 Å². The van der Waals surface area contributed by atoms with Gasteiger partial charge in [-0.2, -0.15) is 0 Å². The summed E-state index contributed by atoms with van der Waals surface area (Å²) in [5.41, 5.74) is 0. The molecule has 1 aliphatic heterocycles. The molecule has 140 valence electrons. The summed E-state index contributed by atoms with van der Waals surface area (Å²) in [5.74, 6) is -0.833. The van der Waals surface area contributed by atoms with Crippen LogP contribution in [0.3, 0.4) is 0 Å². The predicted octanol–water partition coefficient (Wildman–Crippen LogP) is 5.06. The lowest BCUT2D eigenvalue weighted by Crippen LogP contribution is -2.34. The molecule has 2 heterocycles. The first-order chi connectivity index (χ1) is 12.9. The lowest BCUT2D eigenvalue weighted by molar-refractivity contribution is -0.143. The smallest absolute Gasteiger partial charge is 0.325 e. The normalized spacial score (nSPS) is 15.7. The molecule has 0 unspecified atom stereocenters. The Morgan fingerprint density at radius 1 is 1.37 bits per heavy atom. The van der Waals surface area contributed by atoms with Crippen molar-refractivity contribution in [2.75, 3.05) is 13.7 Å². The zero-order valence-electron chi connectivity index (χ0n) is 13.7. The molecule has 1 saturated heterocycles. The Labute approximate surface area is 176 Å². The molecule has 2 amide bonds. The molecular formula is C17H11BrClNO5S2. The van der Waals surface area contributed by atoms with Crippen molar-refractivity contribution in [2.45, 2.75) is 9.99 Å². The summed E-state index contributed by atoms with van der Waals surface area (Å²) >= 11 is 11.4. The van der Waals surface area contributed by atoms with Gasteiger partial charge in [-0.05, 0) is 52.0 Å². The zero-order chi connectivity index (χ0) is 19.6. The second-order valence-corrected chi connectivity index (χ2v) is 8.54. The van der Waals surface area contributed by atoms with Crippen LogP contribution in [0.5, 0.6) is 0 Å². The third-order valence-electron chi connectivity index (χ3n) is 3.37. The van der Waals surface area contributed by atoms with Crippen LogP contribution in [0.25, 0.3) is 6.08 Å². The van der Waals surface area contributed by atoms with Crippen LogP contribution in [0.1, 0.15) is 5.76 Å². The van der Waals surface area contributed by atoms with E-state index in [0.717, 1.165) is 21.6 Å². The fourth-order valence-corrected chi connectivity index (χ4v) is 4.38. The molecule has 0 N–H and O–H groups in total. The monoisotopic (exact) mass is 487 g/mol. The number of furan rings is 1. The summed E-state index contributed by atoms with van der Waals surface area (Å²) in [6.45, 7) is -0.421. The van der Waals surface area contributed by atoms with Crippen LogP contribution in [0.2, 0.25) is 5.02 Å². The molecule has 2 aromatic rings. The van der Waals surface area contributed by atoms with E-state index in [1.807, 2.05) is 12.1 Å². The van der Waals surface area contributed by atoms with Gasteiger partial charge in [0.1, 0.15) is 12.3 Å². The third kappa shape index (κ3) is 4.78. The van der Waals surface area contributed by atoms with E-state index >= 15 is 0 Å². The molecule has 0 saturated carbocycles. The van der Waals surface area contributed by atoms with Crippen molar-refractivity contribution in [3.8, 4) is 0 Å². The Balaban J connectivity index is 1.78. The molecule has 0 atom stereocenters. The number of amides is 2. The SMILES string of the molecule is COC(=O)CN1C(=O)S/C(=C/c2oc(Sc3ccc(Cl)cc3)cc2Br)C1=O. The average molecular weight is 489 g/mol. The standard InChI is InChI=1S/C17H11BrClNO5S2/c1-24-14(21)8-20-16(22)13(27-17(20)23)7-12-11(18)6-15(25-12)26-10-4-2-9(19)3-5-10/h2-7H,8H2,1H3/b13-7+. The summed E-state index contributed by atoms with van der Waals surface area (Å²) < 4.78 is 10.9. The first-order valence-corrected chi connectivity index (χ1v) is 10.2. The Kier molecular flexibility index (Phi) is 6.36. The van der Waals surface area contributed by atoms with Crippen molar-refractivity contribution in [1.82, 2.24) is 4.90 Å². The van der Waals surface area contributed by atoms with E-state index in [0.29, 0.717) is 20.3 Å². The van der Waals surface area contributed by atoms with Gasteiger partial charge in [0.2, 0.25) is 0 Å². The van der Waals surface area contributed by atoms with Crippen LogP contribution in [0.15, 0.2) is 54.1 Å². The average Bonchev–Trinajstić information content (AvgIpc) is 3.11. The number of halogens is 2. The molecule has 0 spiro atoms. The highest BCUT2D eigenvalue weighted by molar-refractivity contribution is 9.10. The number of methoxy groups -OCH3 is 1. The molecule has 27 heavy (non-hydrogen) atoms. The molecule has 0 aliphatic carbocycles. The Hall–Kier alpha value is -1.68. The van der Waals surface area contributed by atoms with Crippen LogP contribution in [-0.2, 0) is 14.3 Å². The van der Waals surface area contributed by atoms with Crippen molar-refractivity contribution >= 4 is 74.2 Å². The highest BCUT2D eigenvalue weighted by Gasteiger charge is 2.37. The van der Waals surface area contributed by atoms with Gasteiger partial charge in [-0.1, -0.05) is 23.4 Å². The summed E-state index contributed by atoms with van der Waals surface area (Å²) in [7, 11) is 1.19. The molecule has 0 bridgehead atoms. The lowest BCUT2D eigenvalue weighted by Gasteiger charge is -2.09. The minimum Gasteiger partial charge on any atom is -0.468 e. The number of hydrogen-bond acceptors (Lipinski definition) is 7. The summed E-state index contributed by atoms with van der Waals surface area (Å²) in [6, 6.07) is 9.05. The van der Waals surface area contributed by atoms with Gasteiger partial charge >= 0.3 is 5.97 Å². The fraction of sp³-hybridized carbons (Fsp3) is 0.118. The number of carbonyl (C=O) groups excluding carboxylic acids is 3. The quantitative estimate of drug-likeness (QED) is 0.430. The molecule has 10 heteroatoms. The second kappa shape index (κ2) is 8.55. The Morgan fingerprint density at radius 3 is 2.74 bits per heavy atom. The molecule has 3 rings (SSSR count). The van der Waals surface area contributed by atoms with E-state index in [1.54, 1.807) is 18.2 Å². The second-order valence-electron chi connectivity index (χ2n) is 5.18. The number of nitrogens with zero attached hydrogens (tertiary/aromatic N) is 1. The van der Waals surface area contributed by atoms with Crippen LogP contribution < -0.4 is 0 Å². The van der Waals surface area contributed by atoms with Gasteiger partial charge in [0, 0.05) is 22.1 Å². The topological polar surface area (TPSA) is 76.8 Å². The molecule has 1 aliphatic rings. The number of benzene rings is 1. The van der Waals surface area contributed by atoms with Crippen molar-refractivity contribution in [3.63, 3.8) is 0 Å². The van der Waals surface area contributed by atoms with Crippen molar-refractivity contribution in [2.24, 2.45) is 0 Å². The number of thioether (sulfide) groups is 1. The third-order valence-corrected chi connectivity index (χ3v) is 6.06. The first kappa shape index (κ1) is 20.1. The molecule has 1 fully saturated rings. The summed E-state index contributed by atoms with van der Waals surface area (Å²) in [5, 5.41) is 0.711. The molecular weight excluding hydrogens is 478 g/mol. The van der Waals surface area contributed by atoms with Crippen LogP contribution in [-0.4, -0.2) is 35.7 Å². The Morgan fingerprint density at radius 2 is 2.07 bits per heavy atom. The van der Waals surface area contributed by atoms with Gasteiger partial charge in [0.15, 0.2) is 5.09 Å². The maximum Gasteiger partial charge on any atom is 0.325 e. The van der Waals surface area contributed by atoms with E-state index < -0.39 is 23.7 Å². The van der Waals surface area contributed by atoms with Crippen molar-refractivity contribution in [1.29, 1.82) is 0 Å². The van der Waals surface area contributed by atoms with Crippen LogP contribution in [0.4, 0.5) is 4.79 Å². The number of hydrogen-bond donors (Lipinski definition) is 0. The molecule has 6 nitrogen and oxygen atoms in total. The van der Waals surface area contributed by atoms with Gasteiger partial charge in [-0.15, -0.1) is 0 Å². The molecule has 0 radical (unpaired) electrons. The maximum absolute atomic E-state index is 12.3. The summed E-state index contributed by atoms with van der Waals surface area (Å²) in [4.78, 5) is 37.6. The minimum atomic E-state index is -0.667. The van der Waals surface area contributed by atoms with Crippen LogP contribution >= 0.6 is 51.1 Å². The van der Waals surface area contributed by atoms with E-state index in [1.165, 1.54) is 24.9 Å². The molecule has 1 aromatic heterocycles. The summed E-state index contributed by atoms with van der Waals surface area (Å²) in [6.07, 6.45) is 1.47. The highest BCUT2D eigenvalue weighted by Crippen LogP contribution is 2.37. The van der Waals surface area contributed by atoms with Gasteiger partial charge in [-0.25, -0.2) is 0 Å². The lowest BCUT2D eigenvalue weighted by atomic mass is 10.3. The van der Waals surface area contributed by atoms with Crippen molar-refractivity contribution < 1.29 is 23.5 Å². The van der Waals surface area contributed by atoms with E-state index in [-0.39, 0.29) is 4.91 Å². The number of esters is 1. The fourth-order valence-electron chi connectivity index (χ4n) is 2.08. The number of imide groups is 1. The minimum absolute atomic E-state index is 0.169. The van der Waals surface area contributed by atoms with Crippen molar-refractivity contribution in [3.05, 3.63) is 50.5 Å². The number of carbonyl (C=O) groups is 3.